The van der Waals surface area contributed by atoms with Crippen molar-refractivity contribution >= 4 is 11.8 Å². The highest BCUT2D eigenvalue weighted by Gasteiger charge is 1.97. The predicted octanol–water partition coefficient (Wildman–Crippen LogP) is 2.40. The van der Waals surface area contributed by atoms with Crippen LogP contribution in [-0.4, -0.2) is 32.1 Å². The average Bonchev–Trinajstić information content (AvgIpc) is 2.29. The summed E-state index contributed by atoms with van der Waals surface area (Å²) in [5.41, 5.74) is 0. The SMILES string of the molecule is COC(C)CNCCSc1ccccc1. The van der Waals surface area contributed by atoms with Crippen molar-refractivity contribution in [1.29, 1.82) is 0 Å². The molecule has 1 aromatic rings. The number of benzene rings is 1. The summed E-state index contributed by atoms with van der Waals surface area (Å²) in [4.78, 5) is 1.33. The van der Waals surface area contributed by atoms with Crippen molar-refractivity contribution < 1.29 is 4.74 Å². The van der Waals surface area contributed by atoms with E-state index in [1.54, 1.807) is 7.11 Å². The lowest BCUT2D eigenvalue weighted by molar-refractivity contribution is 0.118. The van der Waals surface area contributed by atoms with Gasteiger partial charge in [0.25, 0.3) is 0 Å². The van der Waals surface area contributed by atoms with Crippen LogP contribution in [0.4, 0.5) is 0 Å². The van der Waals surface area contributed by atoms with Crippen molar-refractivity contribution in [2.45, 2.75) is 17.9 Å². The quantitative estimate of drug-likeness (QED) is 0.569. The van der Waals surface area contributed by atoms with Crippen molar-refractivity contribution in [3.63, 3.8) is 0 Å². The molecule has 3 heteroatoms. The molecule has 0 amide bonds. The molecule has 0 aliphatic carbocycles. The minimum atomic E-state index is 0.298. The van der Waals surface area contributed by atoms with E-state index in [0.717, 1.165) is 18.8 Å². The number of thioether (sulfide) groups is 1. The van der Waals surface area contributed by atoms with E-state index in [1.165, 1.54) is 4.90 Å². The van der Waals surface area contributed by atoms with Gasteiger partial charge in [0.1, 0.15) is 0 Å². The summed E-state index contributed by atoms with van der Waals surface area (Å²) in [6.07, 6.45) is 0.298. The maximum absolute atomic E-state index is 5.15. The zero-order valence-corrected chi connectivity index (χ0v) is 10.2. The van der Waals surface area contributed by atoms with Crippen LogP contribution in [0.1, 0.15) is 6.92 Å². The number of hydrogen-bond donors (Lipinski definition) is 1. The molecule has 1 unspecified atom stereocenters. The van der Waals surface area contributed by atoms with Crippen molar-refractivity contribution in [1.82, 2.24) is 5.32 Å². The molecule has 2 nitrogen and oxygen atoms in total. The normalized spacial score (nSPS) is 12.7. The third kappa shape index (κ3) is 5.82. The minimum Gasteiger partial charge on any atom is -0.380 e. The monoisotopic (exact) mass is 225 g/mol. The molecule has 0 saturated heterocycles. The van der Waals surface area contributed by atoms with Crippen molar-refractivity contribution in [2.24, 2.45) is 0 Å². The van der Waals surface area contributed by atoms with Gasteiger partial charge in [0.2, 0.25) is 0 Å². The maximum atomic E-state index is 5.15. The van der Waals surface area contributed by atoms with E-state index in [4.69, 9.17) is 4.74 Å². The first-order chi connectivity index (χ1) is 7.33. The molecule has 0 saturated carbocycles. The molecular formula is C12H19NOS. The van der Waals surface area contributed by atoms with E-state index in [0.29, 0.717) is 6.10 Å². The van der Waals surface area contributed by atoms with Gasteiger partial charge >= 0.3 is 0 Å². The van der Waals surface area contributed by atoms with Gasteiger partial charge in [-0.25, -0.2) is 0 Å². The summed E-state index contributed by atoms with van der Waals surface area (Å²) in [5.74, 6) is 1.10. The molecule has 15 heavy (non-hydrogen) atoms. The highest BCUT2D eigenvalue weighted by molar-refractivity contribution is 7.99. The van der Waals surface area contributed by atoms with Gasteiger partial charge in [-0.3, -0.25) is 0 Å². The Labute approximate surface area is 96.4 Å². The van der Waals surface area contributed by atoms with E-state index in [1.807, 2.05) is 17.8 Å². The molecule has 1 aromatic carbocycles. The zero-order chi connectivity index (χ0) is 10.9. The van der Waals surface area contributed by atoms with E-state index < -0.39 is 0 Å². The zero-order valence-electron chi connectivity index (χ0n) is 9.40. The van der Waals surface area contributed by atoms with Crippen LogP contribution in [-0.2, 0) is 4.74 Å². The fourth-order valence-electron chi connectivity index (χ4n) is 1.15. The second kappa shape index (κ2) is 7.74. The Balaban J connectivity index is 2.03. The second-order valence-corrected chi connectivity index (χ2v) is 4.58. The second-order valence-electron chi connectivity index (χ2n) is 3.41. The van der Waals surface area contributed by atoms with Gasteiger partial charge in [-0.15, -0.1) is 11.8 Å². The first kappa shape index (κ1) is 12.6. The van der Waals surface area contributed by atoms with E-state index in [9.17, 15) is 0 Å². The van der Waals surface area contributed by atoms with Crippen LogP contribution in [0.3, 0.4) is 0 Å². The lowest BCUT2D eigenvalue weighted by Crippen LogP contribution is -2.27. The Morgan fingerprint density at radius 2 is 2.07 bits per heavy atom. The largest absolute Gasteiger partial charge is 0.380 e. The summed E-state index contributed by atoms with van der Waals surface area (Å²) < 4.78 is 5.15. The van der Waals surface area contributed by atoms with E-state index in [2.05, 4.69) is 36.5 Å². The molecule has 0 heterocycles. The van der Waals surface area contributed by atoms with Crippen molar-refractivity contribution in [3.05, 3.63) is 30.3 Å². The molecule has 1 atom stereocenters. The topological polar surface area (TPSA) is 21.3 Å². The van der Waals surface area contributed by atoms with Crippen molar-refractivity contribution in [2.75, 3.05) is 26.0 Å². The van der Waals surface area contributed by atoms with Crippen LogP contribution in [0.25, 0.3) is 0 Å². The fraction of sp³-hybridized carbons (Fsp3) is 0.500. The van der Waals surface area contributed by atoms with E-state index >= 15 is 0 Å². The Hall–Kier alpha value is -0.510. The Bertz CT molecular complexity index is 253. The number of hydrogen-bond acceptors (Lipinski definition) is 3. The maximum Gasteiger partial charge on any atom is 0.0667 e. The lowest BCUT2D eigenvalue weighted by Gasteiger charge is -2.10. The van der Waals surface area contributed by atoms with Gasteiger partial charge in [-0.05, 0) is 19.1 Å². The van der Waals surface area contributed by atoms with Gasteiger partial charge in [0.05, 0.1) is 6.10 Å². The lowest BCUT2D eigenvalue weighted by atomic mass is 10.4. The van der Waals surface area contributed by atoms with E-state index in [-0.39, 0.29) is 0 Å². The Morgan fingerprint density at radius 3 is 2.73 bits per heavy atom. The third-order valence-corrected chi connectivity index (χ3v) is 3.14. The first-order valence-corrected chi connectivity index (χ1v) is 6.23. The minimum absolute atomic E-state index is 0.298. The number of methoxy groups -OCH3 is 1. The molecule has 0 aliphatic heterocycles. The standard InChI is InChI=1S/C12H19NOS/c1-11(14-2)10-13-8-9-15-12-6-4-3-5-7-12/h3-7,11,13H,8-10H2,1-2H3. The van der Waals surface area contributed by atoms with Gasteiger partial charge in [-0.1, -0.05) is 18.2 Å². The highest BCUT2D eigenvalue weighted by atomic mass is 32.2. The third-order valence-electron chi connectivity index (χ3n) is 2.12. The summed E-state index contributed by atoms with van der Waals surface area (Å²) in [6.45, 7) is 4.01. The molecule has 0 fully saturated rings. The summed E-state index contributed by atoms with van der Waals surface area (Å²) >= 11 is 1.88. The molecule has 1 rings (SSSR count). The Morgan fingerprint density at radius 1 is 1.33 bits per heavy atom. The number of rotatable bonds is 7. The predicted molar refractivity (Wildman–Crippen MR) is 66.5 cm³/mol. The fourth-order valence-corrected chi connectivity index (χ4v) is 1.98. The molecule has 0 aromatic heterocycles. The molecule has 84 valence electrons. The number of nitrogens with one attached hydrogen (secondary N) is 1. The van der Waals surface area contributed by atoms with Gasteiger partial charge in [-0.2, -0.15) is 0 Å². The molecule has 1 N–H and O–H groups in total. The van der Waals surface area contributed by atoms with Gasteiger partial charge < -0.3 is 10.1 Å². The molecule has 0 spiro atoms. The smallest absolute Gasteiger partial charge is 0.0667 e. The molecule has 0 bridgehead atoms. The van der Waals surface area contributed by atoms with Crippen LogP contribution < -0.4 is 5.32 Å². The van der Waals surface area contributed by atoms with Gasteiger partial charge in [0, 0.05) is 30.8 Å². The van der Waals surface area contributed by atoms with Crippen LogP contribution in [0.15, 0.2) is 35.2 Å². The molecule has 0 aliphatic rings. The summed E-state index contributed by atoms with van der Waals surface area (Å²) in [5, 5.41) is 3.36. The van der Waals surface area contributed by atoms with Crippen LogP contribution in [0, 0.1) is 0 Å². The number of ether oxygens (including phenoxy) is 1. The van der Waals surface area contributed by atoms with Crippen molar-refractivity contribution in [3.8, 4) is 0 Å². The van der Waals surface area contributed by atoms with Crippen LogP contribution in [0.2, 0.25) is 0 Å². The summed E-state index contributed by atoms with van der Waals surface area (Å²) in [7, 11) is 1.74. The molecule has 0 radical (unpaired) electrons. The average molecular weight is 225 g/mol. The first-order valence-electron chi connectivity index (χ1n) is 5.24. The van der Waals surface area contributed by atoms with Crippen LogP contribution in [0.5, 0.6) is 0 Å². The highest BCUT2D eigenvalue weighted by Crippen LogP contribution is 2.15. The van der Waals surface area contributed by atoms with Crippen LogP contribution >= 0.6 is 11.8 Å². The molecular weight excluding hydrogens is 206 g/mol. The van der Waals surface area contributed by atoms with Gasteiger partial charge in [0.15, 0.2) is 0 Å². The summed E-state index contributed by atoms with van der Waals surface area (Å²) in [6, 6.07) is 10.5. The Kier molecular flexibility index (Phi) is 6.48.